The van der Waals surface area contributed by atoms with Crippen LogP contribution in [0.3, 0.4) is 0 Å². The molecule has 0 fully saturated rings. The molecule has 2 rings (SSSR count). The van der Waals surface area contributed by atoms with Gasteiger partial charge in [-0.3, -0.25) is 4.79 Å². The molecule has 0 aliphatic carbocycles. The second kappa shape index (κ2) is 7.34. The zero-order valence-corrected chi connectivity index (χ0v) is 13.8. The normalized spacial score (nSPS) is 12.3. The lowest BCUT2D eigenvalue weighted by atomic mass is 9.92. The molecule has 0 radical (unpaired) electrons. The maximum atomic E-state index is 11.6. The molecular formula is C19H24N2O2. The number of carboxylic acid groups (broad SMARTS) is 1. The number of rotatable bonds is 7. The molecule has 4 nitrogen and oxygen atoms in total. The van der Waals surface area contributed by atoms with Crippen LogP contribution >= 0.6 is 0 Å². The average molecular weight is 312 g/mol. The fourth-order valence-corrected chi connectivity index (χ4v) is 3.18. The molecule has 0 saturated heterocycles. The summed E-state index contributed by atoms with van der Waals surface area (Å²) in [6, 6.07) is 5.88. The first kappa shape index (κ1) is 17.1. The first-order valence-corrected chi connectivity index (χ1v) is 7.97. The van der Waals surface area contributed by atoms with Crippen molar-refractivity contribution in [3.05, 3.63) is 35.0 Å². The van der Waals surface area contributed by atoms with Gasteiger partial charge in [0.1, 0.15) is 0 Å². The Bertz CT molecular complexity index is 753. The Balaban J connectivity index is 2.41. The van der Waals surface area contributed by atoms with Gasteiger partial charge in [-0.15, -0.1) is 6.42 Å². The van der Waals surface area contributed by atoms with E-state index < -0.39 is 5.97 Å². The number of hydrogen-bond acceptors (Lipinski definition) is 2. The van der Waals surface area contributed by atoms with Gasteiger partial charge in [-0.1, -0.05) is 24.5 Å². The molecule has 1 atom stereocenters. The summed E-state index contributed by atoms with van der Waals surface area (Å²) in [7, 11) is 1.98. The van der Waals surface area contributed by atoms with Crippen LogP contribution in [-0.4, -0.2) is 22.2 Å². The molecule has 3 N–H and O–H groups in total. The molecule has 1 aromatic heterocycles. The lowest BCUT2D eigenvalue weighted by Gasteiger charge is -2.12. The molecule has 0 aliphatic rings. The molecular weight excluding hydrogens is 288 g/mol. The summed E-state index contributed by atoms with van der Waals surface area (Å²) in [6.45, 7) is 2.62. The smallest absolute Gasteiger partial charge is 0.306 e. The van der Waals surface area contributed by atoms with Crippen LogP contribution in [0.25, 0.3) is 10.9 Å². The Morgan fingerprint density at radius 1 is 1.43 bits per heavy atom. The predicted octanol–water partition coefficient (Wildman–Crippen LogP) is 2.84. The van der Waals surface area contributed by atoms with E-state index in [1.54, 1.807) is 0 Å². The van der Waals surface area contributed by atoms with E-state index in [4.69, 9.17) is 12.2 Å². The highest BCUT2D eigenvalue weighted by Gasteiger charge is 2.22. The third-order valence-electron chi connectivity index (χ3n) is 4.60. The summed E-state index contributed by atoms with van der Waals surface area (Å²) in [5, 5.41) is 10.6. The molecule has 0 amide bonds. The quantitative estimate of drug-likeness (QED) is 0.610. The highest BCUT2D eigenvalue weighted by atomic mass is 16.4. The maximum absolute atomic E-state index is 11.6. The molecule has 1 aromatic carbocycles. The van der Waals surface area contributed by atoms with Crippen LogP contribution in [0.2, 0.25) is 0 Å². The van der Waals surface area contributed by atoms with Gasteiger partial charge in [0.05, 0.1) is 11.4 Å². The van der Waals surface area contributed by atoms with Crippen molar-refractivity contribution in [2.75, 3.05) is 6.54 Å². The van der Waals surface area contributed by atoms with Crippen molar-refractivity contribution in [1.82, 2.24) is 4.57 Å². The van der Waals surface area contributed by atoms with Gasteiger partial charge in [0, 0.05) is 23.7 Å². The third-order valence-corrected chi connectivity index (χ3v) is 4.60. The van der Waals surface area contributed by atoms with Crippen molar-refractivity contribution in [3.63, 3.8) is 0 Å². The summed E-state index contributed by atoms with van der Waals surface area (Å²) >= 11 is 0. The standard InChI is InChI=1S/C19H24N2O2/c1-4-14-9-7-10-16-17(13(2)21(3)18(14)16)12-15(19(22)23)8-5-6-11-20/h1,7,9-10,15H,5-6,8,11-12,20H2,2-3H3,(H,22,23). The Kier molecular flexibility index (Phi) is 5.46. The fourth-order valence-electron chi connectivity index (χ4n) is 3.18. The van der Waals surface area contributed by atoms with Crippen molar-refractivity contribution in [2.24, 2.45) is 18.7 Å². The number of aromatic nitrogens is 1. The van der Waals surface area contributed by atoms with Gasteiger partial charge in [0.15, 0.2) is 0 Å². The van der Waals surface area contributed by atoms with E-state index in [0.717, 1.165) is 40.6 Å². The zero-order valence-electron chi connectivity index (χ0n) is 13.8. The second-order valence-corrected chi connectivity index (χ2v) is 5.99. The summed E-state index contributed by atoms with van der Waals surface area (Å²) in [6.07, 6.45) is 8.48. The number of aryl methyl sites for hydroxylation is 1. The van der Waals surface area contributed by atoms with Gasteiger partial charge >= 0.3 is 5.97 Å². The Hall–Kier alpha value is -2.25. The van der Waals surface area contributed by atoms with Crippen LogP contribution in [0.5, 0.6) is 0 Å². The van der Waals surface area contributed by atoms with E-state index >= 15 is 0 Å². The molecule has 0 saturated carbocycles. The van der Waals surface area contributed by atoms with E-state index in [9.17, 15) is 9.90 Å². The number of unbranched alkanes of at least 4 members (excludes halogenated alkanes) is 1. The number of carbonyl (C=O) groups is 1. The van der Waals surface area contributed by atoms with E-state index in [1.807, 2.05) is 32.2 Å². The van der Waals surface area contributed by atoms with Gasteiger partial charge in [-0.25, -0.2) is 0 Å². The number of benzene rings is 1. The summed E-state index contributed by atoms with van der Waals surface area (Å²) < 4.78 is 2.07. The highest BCUT2D eigenvalue weighted by molar-refractivity contribution is 5.90. The van der Waals surface area contributed by atoms with Gasteiger partial charge in [-0.2, -0.15) is 0 Å². The Morgan fingerprint density at radius 2 is 2.17 bits per heavy atom. The molecule has 23 heavy (non-hydrogen) atoms. The van der Waals surface area contributed by atoms with Gasteiger partial charge in [-0.05, 0) is 44.4 Å². The summed E-state index contributed by atoms with van der Waals surface area (Å²) in [5.74, 6) is 1.59. The lowest BCUT2D eigenvalue weighted by Crippen LogP contribution is -2.17. The SMILES string of the molecule is C#Cc1cccc2c(CC(CCCCN)C(=O)O)c(C)n(C)c12. The molecule has 2 aromatic rings. The molecule has 4 heteroatoms. The van der Waals surface area contributed by atoms with Gasteiger partial charge in [0.25, 0.3) is 0 Å². The number of hydrogen-bond donors (Lipinski definition) is 2. The van der Waals surface area contributed by atoms with E-state index in [1.165, 1.54) is 0 Å². The first-order chi connectivity index (χ1) is 11.0. The van der Waals surface area contributed by atoms with Crippen LogP contribution in [0.1, 0.15) is 36.1 Å². The minimum atomic E-state index is -0.744. The highest BCUT2D eigenvalue weighted by Crippen LogP contribution is 2.30. The summed E-state index contributed by atoms with van der Waals surface area (Å²) in [5.41, 5.74) is 9.52. The van der Waals surface area contributed by atoms with Crippen molar-refractivity contribution in [3.8, 4) is 12.3 Å². The summed E-state index contributed by atoms with van der Waals surface area (Å²) in [4.78, 5) is 11.6. The van der Waals surface area contributed by atoms with Crippen LogP contribution in [0, 0.1) is 25.2 Å². The van der Waals surface area contributed by atoms with Crippen LogP contribution in [-0.2, 0) is 18.3 Å². The number of para-hydroxylation sites is 1. The van der Waals surface area contributed by atoms with Gasteiger partial charge < -0.3 is 15.4 Å². The zero-order chi connectivity index (χ0) is 17.0. The molecule has 0 spiro atoms. The van der Waals surface area contributed by atoms with Crippen molar-refractivity contribution in [2.45, 2.75) is 32.6 Å². The van der Waals surface area contributed by atoms with E-state index in [0.29, 0.717) is 19.4 Å². The fraction of sp³-hybridized carbons (Fsp3) is 0.421. The number of terminal acetylenes is 1. The number of fused-ring (bicyclic) bond motifs is 1. The van der Waals surface area contributed by atoms with Crippen molar-refractivity contribution >= 4 is 16.9 Å². The topological polar surface area (TPSA) is 68.2 Å². The predicted molar refractivity (Wildman–Crippen MR) is 93.3 cm³/mol. The van der Waals surface area contributed by atoms with E-state index in [-0.39, 0.29) is 5.92 Å². The van der Waals surface area contributed by atoms with Crippen LogP contribution in [0.15, 0.2) is 18.2 Å². The molecule has 0 bridgehead atoms. The monoisotopic (exact) mass is 312 g/mol. The van der Waals surface area contributed by atoms with Crippen LogP contribution in [0.4, 0.5) is 0 Å². The minimum Gasteiger partial charge on any atom is -0.481 e. The van der Waals surface area contributed by atoms with Crippen molar-refractivity contribution in [1.29, 1.82) is 0 Å². The Labute approximate surface area is 137 Å². The minimum absolute atomic E-state index is 0.389. The largest absolute Gasteiger partial charge is 0.481 e. The van der Waals surface area contributed by atoms with E-state index in [2.05, 4.69) is 10.5 Å². The molecule has 0 aliphatic heterocycles. The Morgan fingerprint density at radius 3 is 2.78 bits per heavy atom. The van der Waals surface area contributed by atoms with Crippen LogP contribution < -0.4 is 5.73 Å². The number of carboxylic acids is 1. The molecule has 1 unspecified atom stereocenters. The second-order valence-electron chi connectivity index (χ2n) is 5.99. The number of nitrogens with zero attached hydrogens (tertiary/aromatic N) is 1. The first-order valence-electron chi connectivity index (χ1n) is 7.97. The average Bonchev–Trinajstić information content (AvgIpc) is 2.78. The maximum Gasteiger partial charge on any atom is 0.306 e. The third kappa shape index (κ3) is 3.40. The number of nitrogens with two attached hydrogens (primary N) is 1. The molecule has 1 heterocycles. The van der Waals surface area contributed by atoms with Gasteiger partial charge in [0.2, 0.25) is 0 Å². The van der Waals surface area contributed by atoms with Crippen molar-refractivity contribution < 1.29 is 9.90 Å². The molecule has 122 valence electrons. The number of aliphatic carboxylic acids is 1. The lowest BCUT2D eigenvalue weighted by molar-refractivity contribution is -0.141.